The van der Waals surface area contributed by atoms with Gasteiger partial charge in [-0.1, -0.05) is 0 Å². The third-order valence-corrected chi connectivity index (χ3v) is 3.41. The number of hydrogen-bond acceptors (Lipinski definition) is 2. The predicted octanol–water partition coefficient (Wildman–Crippen LogP) is 2.22. The summed E-state index contributed by atoms with van der Waals surface area (Å²) in [7, 11) is 0. The SMILES string of the molecule is Cc1[nH]nc2cc(N3CC(Cl)CC3=O)ccc12. The highest BCUT2D eigenvalue weighted by Gasteiger charge is 2.29. The molecule has 3 rings (SSSR count). The first kappa shape index (κ1) is 10.6. The molecule has 0 bridgehead atoms. The van der Waals surface area contributed by atoms with Crippen molar-refractivity contribution in [1.29, 1.82) is 0 Å². The largest absolute Gasteiger partial charge is 0.311 e. The van der Waals surface area contributed by atoms with Gasteiger partial charge in [0.2, 0.25) is 5.91 Å². The first-order valence-corrected chi connectivity index (χ1v) is 5.98. The molecule has 0 radical (unpaired) electrons. The summed E-state index contributed by atoms with van der Waals surface area (Å²) in [6.07, 6.45) is 0.416. The summed E-state index contributed by atoms with van der Waals surface area (Å²) in [5.74, 6) is 0.0802. The molecule has 4 nitrogen and oxygen atoms in total. The average Bonchev–Trinajstić information content (AvgIpc) is 2.82. The lowest BCUT2D eigenvalue weighted by Gasteiger charge is -2.15. The Morgan fingerprint density at radius 2 is 2.35 bits per heavy atom. The lowest BCUT2D eigenvalue weighted by Crippen LogP contribution is -2.24. The molecule has 1 aliphatic rings. The molecule has 1 amide bonds. The Kier molecular flexibility index (Phi) is 2.33. The van der Waals surface area contributed by atoms with Crippen molar-refractivity contribution in [2.75, 3.05) is 11.4 Å². The molecule has 1 saturated heterocycles. The lowest BCUT2D eigenvalue weighted by molar-refractivity contribution is -0.117. The first-order valence-electron chi connectivity index (χ1n) is 5.54. The Balaban J connectivity index is 2.03. The number of rotatable bonds is 1. The van der Waals surface area contributed by atoms with E-state index in [1.807, 2.05) is 25.1 Å². The highest BCUT2D eigenvalue weighted by molar-refractivity contribution is 6.24. The van der Waals surface area contributed by atoms with Crippen molar-refractivity contribution < 1.29 is 4.79 Å². The molecule has 1 N–H and O–H groups in total. The van der Waals surface area contributed by atoms with E-state index in [-0.39, 0.29) is 11.3 Å². The number of benzene rings is 1. The third-order valence-electron chi connectivity index (χ3n) is 3.12. The molecule has 88 valence electrons. The first-order chi connectivity index (χ1) is 8.15. The van der Waals surface area contributed by atoms with E-state index in [0.717, 1.165) is 22.3 Å². The van der Waals surface area contributed by atoms with Gasteiger partial charge in [-0.3, -0.25) is 9.89 Å². The zero-order chi connectivity index (χ0) is 12.0. The monoisotopic (exact) mass is 249 g/mol. The van der Waals surface area contributed by atoms with Crippen LogP contribution in [0.3, 0.4) is 0 Å². The second-order valence-electron chi connectivity index (χ2n) is 4.36. The number of alkyl halides is 1. The number of carbonyl (C=O) groups excluding carboxylic acids is 1. The molecule has 5 heteroatoms. The number of aromatic nitrogens is 2. The number of aromatic amines is 1. The fourth-order valence-corrected chi connectivity index (χ4v) is 2.49. The minimum absolute atomic E-state index is 0.0802. The molecular weight excluding hydrogens is 238 g/mol. The van der Waals surface area contributed by atoms with Gasteiger partial charge < -0.3 is 4.90 Å². The summed E-state index contributed by atoms with van der Waals surface area (Å²) in [6.45, 7) is 2.56. The maximum atomic E-state index is 11.7. The highest BCUT2D eigenvalue weighted by atomic mass is 35.5. The van der Waals surface area contributed by atoms with Crippen LogP contribution in [0.25, 0.3) is 10.9 Å². The molecule has 17 heavy (non-hydrogen) atoms. The van der Waals surface area contributed by atoms with Gasteiger partial charge in [-0.25, -0.2) is 0 Å². The number of aryl methyl sites for hydroxylation is 1. The molecule has 2 aromatic rings. The normalized spacial score (nSPS) is 20.5. The number of amides is 1. The summed E-state index contributed by atoms with van der Waals surface area (Å²) in [6, 6.07) is 5.85. The second kappa shape index (κ2) is 3.74. The number of fused-ring (bicyclic) bond motifs is 1. The molecule has 1 aromatic carbocycles. The van der Waals surface area contributed by atoms with Crippen molar-refractivity contribution in [2.45, 2.75) is 18.7 Å². The standard InChI is InChI=1S/C12H12ClN3O/c1-7-10-3-2-9(5-11(10)15-14-7)16-6-8(13)4-12(16)17/h2-3,5,8H,4,6H2,1H3,(H,14,15). The summed E-state index contributed by atoms with van der Waals surface area (Å²) >= 11 is 5.99. The number of nitrogens with one attached hydrogen (secondary N) is 1. The molecule has 1 unspecified atom stereocenters. The Hall–Kier alpha value is -1.55. The smallest absolute Gasteiger partial charge is 0.228 e. The molecule has 1 aromatic heterocycles. The highest BCUT2D eigenvalue weighted by Crippen LogP contribution is 2.27. The van der Waals surface area contributed by atoms with Gasteiger partial charge in [0, 0.05) is 29.7 Å². The van der Waals surface area contributed by atoms with Crippen molar-refractivity contribution in [3.05, 3.63) is 23.9 Å². The summed E-state index contributed by atoms with van der Waals surface area (Å²) in [4.78, 5) is 13.5. The maximum absolute atomic E-state index is 11.7. The van der Waals surface area contributed by atoms with Crippen molar-refractivity contribution in [3.63, 3.8) is 0 Å². The average molecular weight is 250 g/mol. The van der Waals surface area contributed by atoms with Gasteiger partial charge in [0.15, 0.2) is 0 Å². The minimum atomic E-state index is -0.0842. The Labute approximate surface area is 104 Å². The molecule has 1 fully saturated rings. The number of hydrogen-bond donors (Lipinski definition) is 1. The van der Waals surface area contributed by atoms with Crippen LogP contribution in [-0.2, 0) is 4.79 Å². The van der Waals surface area contributed by atoms with Gasteiger partial charge in [-0.05, 0) is 25.1 Å². The van der Waals surface area contributed by atoms with Crippen LogP contribution in [0.15, 0.2) is 18.2 Å². The van der Waals surface area contributed by atoms with Crippen molar-refractivity contribution in [3.8, 4) is 0 Å². The van der Waals surface area contributed by atoms with Crippen molar-refractivity contribution in [2.24, 2.45) is 0 Å². The quantitative estimate of drug-likeness (QED) is 0.788. The third kappa shape index (κ3) is 1.69. The van der Waals surface area contributed by atoms with Gasteiger partial charge >= 0.3 is 0 Å². The fraction of sp³-hybridized carbons (Fsp3) is 0.333. The molecule has 1 atom stereocenters. The second-order valence-corrected chi connectivity index (χ2v) is 4.97. The van der Waals surface area contributed by atoms with Gasteiger partial charge in [0.05, 0.1) is 10.9 Å². The van der Waals surface area contributed by atoms with Crippen molar-refractivity contribution in [1.82, 2.24) is 10.2 Å². The number of carbonyl (C=O) groups is 1. The number of H-pyrrole nitrogens is 1. The minimum Gasteiger partial charge on any atom is -0.311 e. The van der Waals surface area contributed by atoms with E-state index in [1.54, 1.807) is 4.90 Å². The summed E-state index contributed by atoms with van der Waals surface area (Å²) in [5.41, 5.74) is 2.79. The van der Waals surface area contributed by atoms with E-state index >= 15 is 0 Å². The molecule has 1 aliphatic heterocycles. The van der Waals surface area contributed by atoms with Crippen LogP contribution in [0.5, 0.6) is 0 Å². The molecule has 2 heterocycles. The van der Waals surface area contributed by atoms with Crippen LogP contribution >= 0.6 is 11.6 Å². The Morgan fingerprint density at radius 1 is 1.53 bits per heavy atom. The van der Waals surface area contributed by atoms with Crippen LogP contribution in [-0.4, -0.2) is 28.0 Å². The van der Waals surface area contributed by atoms with Gasteiger partial charge in [0.25, 0.3) is 0 Å². The van der Waals surface area contributed by atoms with Gasteiger partial charge in [-0.15, -0.1) is 11.6 Å². The molecular formula is C12H12ClN3O. The van der Waals surface area contributed by atoms with E-state index in [1.165, 1.54) is 0 Å². The van der Waals surface area contributed by atoms with Gasteiger partial charge in [-0.2, -0.15) is 5.10 Å². The van der Waals surface area contributed by atoms with Crippen LogP contribution in [0, 0.1) is 6.92 Å². The Morgan fingerprint density at radius 3 is 3.06 bits per heavy atom. The zero-order valence-corrected chi connectivity index (χ0v) is 10.2. The zero-order valence-electron chi connectivity index (χ0n) is 9.40. The molecule has 0 aliphatic carbocycles. The van der Waals surface area contributed by atoms with E-state index in [9.17, 15) is 4.79 Å². The summed E-state index contributed by atoms with van der Waals surface area (Å²) < 4.78 is 0. The summed E-state index contributed by atoms with van der Waals surface area (Å²) in [5, 5.41) is 8.14. The number of nitrogens with zero attached hydrogens (tertiary/aromatic N) is 2. The van der Waals surface area contributed by atoms with E-state index in [2.05, 4.69) is 10.2 Å². The van der Waals surface area contributed by atoms with Gasteiger partial charge in [0.1, 0.15) is 0 Å². The maximum Gasteiger partial charge on any atom is 0.228 e. The fourth-order valence-electron chi connectivity index (χ4n) is 2.22. The van der Waals surface area contributed by atoms with Crippen LogP contribution in [0.1, 0.15) is 12.1 Å². The van der Waals surface area contributed by atoms with E-state index < -0.39 is 0 Å². The molecule has 0 spiro atoms. The number of halogens is 1. The molecule has 0 saturated carbocycles. The van der Waals surface area contributed by atoms with Crippen molar-refractivity contribution >= 4 is 34.1 Å². The number of anilines is 1. The van der Waals surface area contributed by atoms with E-state index in [4.69, 9.17) is 11.6 Å². The Bertz CT molecular complexity index is 592. The van der Waals surface area contributed by atoms with E-state index in [0.29, 0.717) is 13.0 Å². The topological polar surface area (TPSA) is 49.0 Å². The van der Waals surface area contributed by atoms with Crippen LogP contribution < -0.4 is 4.90 Å². The van der Waals surface area contributed by atoms with Crippen LogP contribution in [0.4, 0.5) is 5.69 Å². The lowest BCUT2D eigenvalue weighted by atomic mass is 10.2. The van der Waals surface area contributed by atoms with Crippen LogP contribution in [0.2, 0.25) is 0 Å². The predicted molar refractivity (Wildman–Crippen MR) is 67.4 cm³/mol.